The molecule has 2 heteroatoms. The van der Waals surface area contributed by atoms with Gasteiger partial charge in [-0.25, -0.2) is 0 Å². The van der Waals surface area contributed by atoms with Crippen LogP contribution in [0, 0.1) is 6.92 Å². The van der Waals surface area contributed by atoms with Crippen LogP contribution in [0.5, 0.6) is 5.75 Å². The standard InChI is InChI=1S/C16H25NO/c1-5-9-15-11-8-10-14(4)16(15)18-13-12-17(6-2)7-3/h5,8,10-11H,1,6-7,9,12-13H2,2-4H3/p+1. The Morgan fingerprint density at radius 2 is 2.00 bits per heavy atom. The van der Waals surface area contributed by atoms with Crippen LogP contribution in [-0.4, -0.2) is 26.2 Å². The van der Waals surface area contributed by atoms with Gasteiger partial charge in [-0.1, -0.05) is 24.3 Å². The molecule has 0 atom stereocenters. The number of para-hydroxylation sites is 1. The van der Waals surface area contributed by atoms with Crippen LogP contribution in [0.4, 0.5) is 0 Å². The summed E-state index contributed by atoms with van der Waals surface area (Å²) in [5, 5.41) is 0. The van der Waals surface area contributed by atoms with E-state index in [-0.39, 0.29) is 0 Å². The number of quaternary nitrogens is 1. The maximum absolute atomic E-state index is 5.99. The topological polar surface area (TPSA) is 13.7 Å². The number of likely N-dealkylation sites (N-methyl/N-ethyl adjacent to an activating group) is 1. The second-order valence-electron chi connectivity index (χ2n) is 4.61. The third-order valence-corrected chi connectivity index (χ3v) is 3.36. The molecule has 1 N–H and O–H groups in total. The molecule has 0 aliphatic rings. The van der Waals surface area contributed by atoms with Gasteiger partial charge in [-0.05, 0) is 38.3 Å². The highest BCUT2D eigenvalue weighted by atomic mass is 16.5. The molecule has 0 heterocycles. The minimum absolute atomic E-state index is 0.784. The van der Waals surface area contributed by atoms with E-state index >= 15 is 0 Å². The second-order valence-corrected chi connectivity index (χ2v) is 4.61. The van der Waals surface area contributed by atoms with Gasteiger partial charge in [0.05, 0.1) is 13.1 Å². The Labute approximate surface area is 111 Å². The first-order valence-electron chi connectivity index (χ1n) is 6.88. The summed E-state index contributed by atoms with van der Waals surface area (Å²) in [4.78, 5) is 1.58. The van der Waals surface area contributed by atoms with Gasteiger partial charge in [0.25, 0.3) is 0 Å². The first-order valence-corrected chi connectivity index (χ1v) is 6.88. The third kappa shape index (κ3) is 4.19. The quantitative estimate of drug-likeness (QED) is 0.695. The van der Waals surface area contributed by atoms with E-state index < -0.39 is 0 Å². The molecule has 0 amide bonds. The van der Waals surface area contributed by atoms with Gasteiger partial charge in [0.1, 0.15) is 18.9 Å². The molecule has 100 valence electrons. The molecule has 2 nitrogen and oxygen atoms in total. The zero-order chi connectivity index (χ0) is 13.4. The van der Waals surface area contributed by atoms with Crippen LogP contribution in [0.1, 0.15) is 25.0 Å². The van der Waals surface area contributed by atoms with E-state index in [0.717, 1.165) is 38.4 Å². The molecule has 0 unspecified atom stereocenters. The van der Waals surface area contributed by atoms with Gasteiger partial charge in [0.2, 0.25) is 0 Å². The molecule has 0 radical (unpaired) electrons. The number of rotatable bonds is 8. The lowest BCUT2D eigenvalue weighted by Gasteiger charge is -2.17. The van der Waals surface area contributed by atoms with Crippen LogP contribution in [0.15, 0.2) is 30.9 Å². The number of allylic oxidation sites excluding steroid dienone is 1. The predicted octanol–water partition coefficient (Wildman–Crippen LogP) is 2.03. The van der Waals surface area contributed by atoms with Crippen LogP contribution in [0.25, 0.3) is 0 Å². The van der Waals surface area contributed by atoms with E-state index in [1.54, 1.807) is 4.90 Å². The Hall–Kier alpha value is -1.28. The number of aryl methyl sites for hydroxylation is 1. The van der Waals surface area contributed by atoms with Crippen molar-refractivity contribution >= 4 is 0 Å². The zero-order valence-electron chi connectivity index (χ0n) is 12.0. The van der Waals surface area contributed by atoms with E-state index in [0.29, 0.717) is 0 Å². The van der Waals surface area contributed by atoms with Crippen LogP contribution >= 0.6 is 0 Å². The molecule has 0 aliphatic heterocycles. The minimum atomic E-state index is 0.784. The summed E-state index contributed by atoms with van der Waals surface area (Å²) in [5.74, 6) is 1.05. The fourth-order valence-electron chi connectivity index (χ4n) is 2.14. The highest BCUT2D eigenvalue weighted by molar-refractivity contribution is 5.41. The van der Waals surface area contributed by atoms with E-state index in [1.807, 2.05) is 6.08 Å². The monoisotopic (exact) mass is 248 g/mol. The Morgan fingerprint density at radius 3 is 2.61 bits per heavy atom. The number of nitrogens with one attached hydrogen (secondary N) is 1. The van der Waals surface area contributed by atoms with Gasteiger partial charge >= 0.3 is 0 Å². The van der Waals surface area contributed by atoms with E-state index in [9.17, 15) is 0 Å². The summed E-state index contributed by atoms with van der Waals surface area (Å²) in [6, 6.07) is 6.30. The number of ether oxygens (including phenoxy) is 1. The molecule has 0 bridgehead atoms. The van der Waals surface area contributed by atoms with Crippen molar-refractivity contribution in [2.75, 3.05) is 26.2 Å². The fourth-order valence-corrected chi connectivity index (χ4v) is 2.14. The van der Waals surface area contributed by atoms with Crippen molar-refractivity contribution in [3.05, 3.63) is 42.0 Å². The Bertz CT molecular complexity index is 369. The molecule has 0 saturated heterocycles. The maximum atomic E-state index is 5.99. The van der Waals surface area contributed by atoms with Gasteiger partial charge in [0.15, 0.2) is 0 Å². The summed E-state index contributed by atoms with van der Waals surface area (Å²) < 4.78 is 5.99. The van der Waals surface area contributed by atoms with Crippen LogP contribution in [-0.2, 0) is 6.42 Å². The van der Waals surface area contributed by atoms with Gasteiger partial charge in [-0.3, -0.25) is 0 Å². The van der Waals surface area contributed by atoms with Crippen molar-refractivity contribution in [1.29, 1.82) is 0 Å². The summed E-state index contributed by atoms with van der Waals surface area (Å²) in [6.45, 7) is 14.5. The number of hydrogen-bond donors (Lipinski definition) is 1. The molecule has 0 fully saturated rings. The normalized spacial score (nSPS) is 10.7. The van der Waals surface area contributed by atoms with Gasteiger partial charge in [-0.2, -0.15) is 0 Å². The molecule has 18 heavy (non-hydrogen) atoms. The Morgan fingerprint density at radius 1 is 1.28 bits per heavy atom. The lowest BCUT2D eigenvalue weighted by Crippen LogP contribution is -3.12. The molecular formula is C16H26NO+. The predicted molar refractivity (Wildman–Crippen MR) is 77.5 cm³/mol. The molecular weight excluding hydrogens is 222 g/mol. The lowest BCUT2D eigenvalue weighted by atomic mass is 10.1. The number of hydrogen-bond acceptors (Lipinski definition) is 1. The number of benzene rings is 1. The summed E-state index contributed by atoms with van der Waals surface area (Å²) in [7, 11) is 0. The van der Waals surface area contributed by atoms with E-state index in [4.69, 9.17) is 4.74 Å². The molecule has 0 aliphatic carbocycles. The highest BCUT2D eigenvalue weighted by Crippen LogP contribution is 2.23. The van der Waals surface area contributed by atoms with Gasteiger partial charge in [0, 0.05) is 0 Å². The minimum Gasteiger partial charge on any atom is -0.487 e. The largest absolute Gasteiger partial charge is 0.487 e. The average molecular weight is 248 g/mol. The van der Waals surface area contributed by atoms with Crippen molar-refractivity contribution < 1.29 is 9.64 Å². The second kappa shape index (κ2) is 7.93. The van der Waals surface area contributed by atoms with Crippen molar-refractivity contribution in [2.24, 2.45) is 0 Å². The first-order chi connectivity index (χ1) is 8.72. The van der Waals surface area contributed by atoms with Gasteiger partial charge < -0.3 is 9.64 Å². The maximum Gasteiger partial charge on any atom is 0.137 e. The zero-order valence-corrected chi connectivity index (χ0v) is 12.0. The SMILES string of the molecule is C=CCc1cccc(C)c1OCC[NH+](CC)CC. The van der Waals surface area contributed by atoms with Crippen LogP contribution in [0.2, 0.25) is 0 Å². The summed E-state index contributed by atoms with van der Waals surface area (Å²) in [5.41, 5.74) is 2.45. The first kappa shape index (κ1) is 14.8. The van der Waals surface area contributed by atoms with E-state index in [1.165, 1.54) is 11.1 Å². The summed E-state index contributed by atoms with van der Waals surface area (Å²) >= 11 is 0. The molecule has 0 spiro atoms. The third-order valence-electron chi connectivity index (χ3n) is 3.36. The highest BCUT2D eigenvalue weighted by Gasteiger charge is 2.07. The molecule has 1 aromatic rings. The van der Waals surface area contributed by atoms with Crippen LogP contribution in [0.3, 0.4) is 0 Å². The average Bonchev–Trinajstić information content (AvgIpc) is 2.38. The van der Waals surface area contributed by atoms with Crippen molar-refractivity contribution in [3.8, 4) is 5.75 Å². The molecule has 0 aromatic heterocycles. The van der Waals surface area contributed by atoms with Gasteiger partial charge in [-0.15, -0.1) is 6.58 Å². The van der Waals surface area contributed by atoms with Crippen molar-refractivity contribution in [1.82, 2.24) is 0 Å². The van der Waals surface area contributed by atoms with E-state index in [2.05, 4.69) is 45.5 Å². The van der Waals surface area contributed by atoms with Crippen LogP contribution < -0.4 is 9.64 Å². The lowest BCUT2D eigenvalue weighted by molar-refractivity contribution is -0.896. The Kier molecular flexibility index (Phi) is 6.51. The smallest absolute Gasteiger partial charge is 0.137 e. The summed E-state index contributed by atoms with van der Waals surface area (Å²) in [6.07, 6.45) is 2.80. The van der Waals surface area contributed by atoms with Crippen molar-refractivity contribution in [3.63, 3.8) is 0 Å². The molecule has 1 aromatic carbocycles. The van der Waals surface area contributed by atoms with Crippen molar-refractivity contribution in [2.45, 2.75) is 27.2 Å². The fraction of sp³-hybridized carbons (Fsp3) is 0.500. The molecule has 1 rings (SSSR count). The Balaban J connectivity index is 2.62. The molecule has 0 saturated carbocycles.